The van der Waals surface area contributed by atoms with Gasteiger partial charge in [-0.05, 0) is 70.6 Å². The quantitative estimate of drug-likeness (QED) is 0.0439. The third-order valence-electron chi connectivity index (χ3n) is 9.72. The Kier molecular flexibility index (Phi) is 40.9. The first-order valence-electron chi connectivity index (χ1n) is 22.0. The van der Waals surface area contributed by atoms with Crippen molar-refractivity contribution in [2.75, 3.05) is 6.61 Å². The van der Waals surface area contributed by atoms with Gasteiger partial charge in [0.25, 0.3) is 0 Å². The van der Waals surface area contributed by atoms with E-state index in [9.17, 15) is 15.0 Å². The average Bonchev–Trinajstić information content (AvgIpc) is 3.13. The highest BCUT2D eigenvalue weighted by Crippen LogP contribution is 2.13. The normalized spacial score (nSPS) is 13.6. The minimum absolute atomic E-state index is 0.0831. The molecule has 0 aromatic carbocycles. The zero-order valence-corrected chi connectivity index (χ0v) is 33.9. The molecule has 0 saturated heterocycles. The Bertz CT molecular complexity index is 858. The summed E-state index contributed by atoms with van der Waals surface area (Å²) in [5.41, 5.74) is 0. The molecule has 0 radical (unpaired) electrons. The molecule has 296 valence electrons. The number of hydrogen-bond acceptors (Lipinski definition) is 3. The molecular formula is C47H85NO3. The van der Waals surface area contributed by atoms with Crippen LogP contribution in [0.15, 0.2) is 60.8 Å². The fourth-order valence-corrected chi connectivity index (χ4v) is 6.32. The van der Waals surface area contributed by atoms with Gasteiger partial charge < -0.3 is 15.5 Å². The van der Waals surface area contributed by atoms with Crippen LogP contribution in [0.5, 0.6) is 0 Å². The number of aliphatic hydroxyl groups excluding tert-OH is 2. The van der Waals surface area contributed by atoms with Gasteiger partial charge in [-0.25, -0.2) is 0 Å². The first-order chi connectivity index (χ1) is 25.2. The van der Waals surface area contributed by atoms with Gasteiger partial charge in [0.05, 0.1) is 18.8 Å². The average molecular weight is 712 g/mol. The third kappa shape index (κ3) is 39.1. The predicted octanol–water partition coefficient (Wildman–Crippen LogP) is 13.7. The van der Waals surface area contributed by atoms with E-state index in [0.29, 0.717) is 6.42 Å². The standard InChI is InChI=1S/C47H85NO3/c1-3-5-7-9-11-13-15-17-19-21-22-23-24-25-26-27-29-31-33-35-37-39-41-43-47(51)48-45(44-49)46(50)42-40-38-36-34-32-30-28-20-18-16-14-12-10-8-6-4-2/h15,17,21-22,24-25,32,34,40,42,45-46,49-50H,3-14,16,18-20,23,26-31,33,35-39,41,43-44H2,1-2H3,(H,48,51)/b17-15-,22-21-,25-24-,34-32+,42-40+. The number of nitrogens with one attached hydrogen (secondary N) is 1. The predicted molar refractivity (Wildman–Crippen MR) is 225 cm³/mol. The van der Waals surface area contributed by atoms with Gasteiger partial charge in [0.15, 0.2) is 0 Å². The zero-order chi connectivity index (χ0) is 37.1. The van der Waals surface area contributed by atoms with E-state index in [0.717, 1.165) is 51.4 Å². The summed E-state index contributed by atoms with van der Waals surface area (Å²) in [5.74, 6) is -0.0831. The molecule has 2 atom stereocenters. The van der Waals surface area contributed by atoms with Crippen LogP contribution in [-0.2, 0) is 4.79 Å². The number of hydrogen-bond donors (Lipinski definition) is 3. The summed E-state index contributed by atoms with van der Waals surface area (Å²) in [6.45, 7) is 4.28. The van der Waals surface area contributed by atoms with Gasteiger partial charge in [0.2, 0.25) is 5.91 Å². The first kappa shape index (κ1) is 49.1. The van der Waals surface area contributed by atoms with E-state index in [1.165, 1.54) is 141 Å². The van der Waals surface area contributed by atoms with Crippen molar-refractivity contribution in [3.05, 3.63) is 60.8 Å². The molecule has 0 aliphatic carbocycles. The Morgan fingerprint density at radius 2 is 0.824 bits per heavy atom. The third-order valence-corrected chi connectivity index (χ3v) is 9.72. The number of aliphatic hydroxyl groups is 2. The highest BCUT2D eigenvalue weighted by Gasteiger charge is 2.17. The second-order valence-corrected chi connectivity index (χ2v) is 14.8. The van der Waals surface area contributed by atoms with E-state index in [4.69, 9.17) is 0 Å². The van der Waals surface area contributed by atoms with E-state index >= 15 is 0 Å². The molecule has 0 aliphatic rings. The summed E-state index contributed by atoms with van der Waals surface area (Å²) < 4.78 is 0. The molecule has 0 aromatic heterocycles. The van der Waals surface area contributed by atoms with Crippen molar-refractivity contribution >= 4 is 5.91 Å². The second-order valence-electron chi connectivity index (χ2n) is 14.8. The number of rotatable bonds is 39. The highest BCUT2D eigenvalue weighted by molar-refractivity contribution is 5.76. The SMILES string of the molecule is CCCCCCC/C=C\C/C=C\C/C=C\CCCCCCCCCCC(=O)NC(CO)C(O)/C=C/CC/C=C/CCCCCCCCCCCC. The van der Waals surface area contributed by atoms with E-state index in [-0.39, 0.29) is 12.5 Å². The fraction of sp³-hybridized carbons (Fsp3) is 0.766. The summed E-state index contributed by atoms with van der Waals surface area (Å²) in [6.07, 6.45) is 58.9. The summed E-state index contributed by atoms with van der Waals surface area (Å²) >= 11 is 0. The molecular weight excluding hydrogens is 627 g/mol. The van der Waals surface area contributed by atoms with Crippen LogP contribution in [0.4, 0.5) is 0 Å². The van der Waals surface area contributed by atoms with Crippen molar-refractivity contribution < 1.29 is 15.0 Å². The molecule has 51 heavy (non-hydrogen) atoms. The second kappa shape index (κ2) is 42.5. The van der Waals surface area contributed by atoms with Crippen molar-refractivity contribution in [3.63, 3.8) is 0 Å². The van der Waals surface area contributed by atoms with Crippen molar-refractivity contribution in [1.82, 2.24) is 5.32 Å². The van der Waals surface area contributed by atoms with Crippen LogP contribution in [0.2, 0.25) is 0 Å². The molecule has 1 amide bonds. The van der Waals surface area contributed by atoms with Crippen molar-refractivity contribution in [2.45, 2.75) is 225 Å². The monoisotopic (exact) mass is 712 g/mol. The van der Waals surface area contributed by atoms with Gasteiger partial charge in [-0.1, -0.05) is 197 Å². The fourth-order valence-electron chi connectivity index (χ4n) is 6.32. The number of carbonyl (C=O) groups is 1. The van der Waals surface area contributed by atoms with Crippen LogP contribution in [0.3, 0.4) is 0 Å². The van der Waals surface area contributed by atoms with E-state index in [1.807, 2.05) is 6.08 Å². The topological polar surface area (TPSA) is 69.6 Å². The lowest BCUT2D eigenvalue weighted by molar-refractivity contribution is -0.123. The van der Waals surface area contributed by atoms with Gasteiger partial charge in [-0.15, -0.1) is 0 Å². The van der Waals surface area contributed by atoms with Crippen LogP contribution in [0.1, 0.15) is 213 Å². The molecule has 0 aromatic rings. The van der Waals surface area contributed by atoms with Crippen LogP contribution >= 0.6 is 0 Å². The summed E-state index contributed by atoms with van der Waals surface area (Å²) in [6, 6.07) is -0.645. The van der Waals surface area contributed by atoms with E-state index in [2.05, 4.69) is 67.8 Å². The molecule has 4 nitrogen and oxygen atoms in total. The Balaban J connectivity index is 3.65. The maximum Gasteiger partial charge on any atom is 0.220 e. The molecule has 0 bridgehead atoms. The minimum Gasteiger partial charge on any atom is -0.394 e. The maximum absolute atomic E-state index is 12.4. The van der Waals surface area contributed by atoms with Gasteiger partial charge in [-0.3, -0.25) is 4.79 Å². The van der Waals surface area contributed by atoms with Gasteiger partial charge in [-0.2, -0.15) is 0 Å². The molecule has 3 N–H and O–H groups in total. The van der Waals surface area contributed by atoms with Crippen molar-refractivity contribution in [1.29, 1.82) is 0 Å². The van der Waals surface area contributed by atoms with Gasteiger partial charge in [0, 0.05) is 6.42 Å². The van der Waals surface area contributed by atoms with Crippen LogP contribution < -0.4 is 5.32 Å². The largest absolute Gasteiger partial charge is 0.394 e. The lowest BCUT2D eigenvalue weighted by Crippen LogP contribution is -2.45. The van der Waals surface area contributed by atoms with Crippen LogP contribution in [0.25, 0.3) is 0 Å². The first-order valence-corrected chi connectivity index (χ1v) is 22.0. The Hall–Kier alpha value is -1.91. The van der Waals surface area contributed by atoms with Gasteiger partial charge in [0.1, 0.15) is 0 Å². The van der Waals surface area contributed by atoms with Gasteiger partial charge >= 0.3 is 0 Å². The summed E-state index contributed by atoms with van der Waals surface area (Å²) in [7, 11) is 0. The van der Waals surface area contributed by atoms with E-state index < -0.39 is 12.1 Å². The van der Waals surface area contributed by atoms with E-state index in [1.54, 1.807) is 6.08 Å². The van der Waals surface area contributed by atoms with Crippen LogP contribution in [0, 0.1) is 0 Å². The highest BCUT2D eigenvalue weighted by atomic mass is 16.3. The molecule has 0 spiro atoms. The summed E-state index contributed by atoms with van der Waals surface area (Å²) in [4.78, 5) is 12.4. The molecule has 0 aliphatic heterocycles. The summed E-state index contributed by atoms with van der Waals surface area (Å²) in [5, 5.41) is 23.0. The number of carbonyl (C=O) groups excluding carboxylic acids is 1. The Morgan fingerprint density at radius 3 is 1.27 bits per heavy atom. The smallest absolute Gasteiger partial charge is 0.220 e. The molecule has 2 unspecified atom stereocenters. The Morgan fingerprint density at radius 1 is 0.471 bits per heavy atom. The minimum atomic E-state index is -0.867. The zero-order valence-electron chi connectivity index (χ0n) is 33.9. The lowest BCUT2D eigenvalue weighted by Gasteiger charge is -2.19. The van der Waals surface area contributed by atoms with Crippen molar-refractivity contribution in [3.8, 4) is 0 Å². The Labute approximate surface area is 317 Å². The number of allylic oxidation sites excluding steroid dienone is 9. The van der Waals surface area contributed by atoms with Crippen LogP contribution in [-0.4, -0.2) is 34.9 Å². The molecule has 0 rings (SSSR count). The number of unbranched alkanes of at least 4 members (excludes halogenated alkanes) is 24. The molecule has 0 heterocycles. The number of amides is 1. The van der Waals surface area contributed by atoms with Crippen molar-refractivity contribution in [2.24, 2.45) is 0 Å². The molecule has 0 saturated carbocycles. The molecule has 0 fully saturated rings. The maximum atomic E-state index is 12.4. The lowest BCUT2D eigenvalue weighted by atomic mass is 10.1. The molecule has 4 heteroatoms.